The van der Waals surface area contributed by atoms with Crippen LogP contribution in [0.1, 0.15) is 71.1 Å². The van der Waals surface area contributed by atoms with E-state index >= 15 is 0 Å². The van der Waals surface area contributed by atoms with E-state index in [2.05, 4.69) is 11.8 Å². The molecule has 1 aliphatic rings. The zero-order chi connectivity index (χ0) is 21.0. The summed E-state index contributed by atoms with van der Waals surface area (Å²) in [5, 5.41) is 0. The van der Waals surface area contributed by atoms with E-state index in [1.807, 2.05) is 18.2 Å². The SMILES string of the molecule is CCCCCCCCCCCCOc1ccc(N2CCS(=O)(=O)CC2)cc1OC. The molecule has 2 rings (SSSR count). The number of nitrogens with zero attached hydrogens (tertiary/aromatic N) is 1. The van der Waals surface area contributed by atoms with Crippen molar-refractivity contribution in [2.24, 2.45) is 0 Å². The molecule has 0 amide bonds. The van der Waals surface area contributed by atoms with E-state index in [0.29, 0.717) is 25.4 Å². The lowest BCUT2D eigenvalue weighted by Crippen LogP contribution is -2.40. The minimum absolute atomic E-state index is 0.215. The van der Waals surface area contributed by atoms with Crippen LogP contribution >= 0.6 is 0 Å². The minimum atomic E-state index is -2.87. The first kappa shape index (κ1) is 23.8. The van der Waals surface area contributed by atoms with Crippen LogP contribution in [0.2, 0.25) is 0 Å². The third-order valence-corrected chi connectivity index (χ3v) is 7.22. The second-order valence-corrected chi connectivity index (χ2v) is 10.3. The summed E-state index contributed by atoms with van der Waals surface area (Å²) in [6, 6.07) is 5.88. The molecule has 1 heterocycles. The number of methoxy groups -OCH3 is 1. The van der Waals surface area contributed by atoms with E-state index in [0.717, 1.165) is 17.9 Å². The van der Waals surface area contributed by atoms with Gasteiger partial charge in [0.05, 0.1) is 25.2 Å². The molecule has 1 aliphatic heterocycles. The molecule has 1 fully saturated rings. The number of benzene rings is 1. The van der Waals surface area contributed by atoms with Gasteiger partial charge in [-0.3, -0.25) is 0 Å². The van der Waals surface area contributed by atoms with Crippen LogP contribution in [0.25, 0.3) is 0 Å². The number of unbranched alkanes of at least 4 members (excludes halogenated alkanes) is 9. The minimum Gasteiger partial charge on any atom is -0.493 e. The zero-order valence-corrected chi connectivity index (χ0v) is 19.1. The zero-order valence-electron chi connectivity index (χ0n) is 18.3. The lowest BCUT2D eigenvalue weighted by molar-refractivity contribution is 0.284. The lowest BCUT2D eigenvalue weighted by atomic mass is 10.1. The predicted octanol–water partition coefficient (Wildman–Crippen LogP) is 5.23. The molecule has 5 nitrogen and oxygen atoms in total. The summed E-state index contributed by atoms with van der Waals surface area (Å²) in [5.74, 6) is 1.90. The van der Waals surface area contributed by atoms with Gasteiger partial charge in [0.1, 0.15) is 0 Å². The Labute approximate surface area is 177 Å². The molecule has 1 aromatic rings. The molecular weight excluding hydrogens is 386 g/mol. The third kappa shape index (κ3) is 8.85. The first-order valence-electron chi connectivity index (χ1n) is 11.3. The van der Waals surface area contributed by atoms with Crippen molar-refractivity contribution in [1.29, 1.82) is 0 Å². The summed E-state index contributed by atoms with van der Waals surface area (Å²) >= 11 is 0. The van der Waals surface area contributed by atoms with E-state index in [-0.39, 0.29) is 11.5 Å². The normalized spacial score (nSPS) is 16.0. The highest BCUT2D eigenvalue weighted by Gasteiger charge is 2.22. The summed E-state index contributed by atoms with van der Waals surface area (Å²) in [6.07, 6.45) is 13.1. The Bertz CT molecular complexity index is 676. The monoisotopic (exact) mass is 425 g/mol. The van der Waals surface area contributed by atoms with Crippen molar-refractivity contribution >= 4 is 15.5 Å². The van der Waals surface area contributed by atoms with Crippen molar-refractivity contribution in [1.82, 2.24) is 0 Å². The van der Waals surface area contributed by atoms with E-state index in [9.17, 15) is 8.42 Å². The second kappa shape index (κ2) is 13.0. The van der Waals surface area contributed by atoms with Gasteiger partial charge in [0.2, 0.25) is 0 Å². The Morgan fingerprint density at radius 3 is 2.03 bits per heavy atom. The van der Waals surface area contributed by atoms with Crippen molar-refractivity contribution < 1.29 is 17.9 Å². The number of ether oxygens (including phenoxy) is 2. The average Bonchev–Trinajstić information content (AvgIpc) is 2.72. The lowest BCUT2D eigenvalue weighted by Gasteiger charge is -2.29. The van der Waals surface area contributed by atoms with Crippen molar-refractivity contribution in [3.63, 3.8) is 0 Å². The van der Waals surface area contributed by atoms with Crippen LogP contribution in [0.3, 0.4) is 0 Å². The molecule has 29 heavy (non-hydrogen) atoms. The summed E-state index contributed by atoms with van der Waals surface area (Å²) in [4.78, 5) is 2.09. The van der Waals surface area contributed by atoms with Crippen LogP contribution < -0.4 is 14.4 Å². The molecule has 0 aromatic heterocycles. The first-order valence-corrected chi connectivity index (χ1v) is 13.1. The van der Waals surface area contributed by atoms with Gasteiger partial charge in [-0.2, -0.15) is 0 Å². The summed E-state index contributed by atoms with van der Waals surface area (Å²) in [6.45, 7) is 4.03. The number of rotatable bonds is 14. The highest BCUT2D eigenvalue weighted by molar-refractivity contribution is 7.91. The summed E-state index contributed by atoms with van der Waals surface area (Å²) < 4.78 is 34.7. The van der Waals surface area contributed by atoms with E-state index < -0.39 is 9.84 Å². The second-order valence-electron chi connectivity index (χ2n) is 8.00. The van der Waals surface area contributed by atoms with Crippen LogP contribution in [0.4, 0.5) is 5.69 Å². The molecule has 0 spiro atoms. The fourth-order valence-corrected chi connectivity index (χ4v) is 4.92. The highest BCUT2D eigenvalue weighted by atomic mass is 32.2. The molecule has 6 heteroatoms. The third-order valence-electron chi connectivity index (χ3n) is 5.61. The fourth-order valence-electron chi connectivity index (χ4n) is 3.71. The van der Waals surface area contributed by atoms with Gasteiger partial charge >= 0.3 is 0 Å². The van der Waals surface area contributed by atoms with Crippen LogP contribution in [0.15, 0.2) is 18.2 Å². The van der Waals surface area contributed by atoms with E-state index in [4.69, 9.17) is 9.47 Å². The summed E-state index contributed by atoms with van der Waals surface area (Å²) in [7, 11) is -1.23. The van der Waals surface area contributed by atoms with Gasteiger partial charge in [-0.15, -0.1) is 0 Å². The van der Waals surface area contributed by atoms with Gasteiger partial charge in [0.15, 0.2) is 21.3 Å². The van der Waals surface area contributed by atoms with Crippen molar-refractivity contribution in [2.45, 2.75) is 71.1 Å². The quantitative estimate of drug-likeness (QED) is 0.382. The Kier molecular flexibility index (Phi) is 10.7. The molecule has 0 atom stereocenters. The predicted molar refractivity (Wildman–Crippen MR) is 121 cm³/mol. The molecule has 1 saturated heterocycles. The molecule has 0 unspecified atom stereocenters. The Balaban J connectivity index is 1.65. The standard InChI is InChI=1S/C23H39NO4S/c1-3-4-5-6-7-8-9-10-11-12-17-28-22-14-13-21(20-23(22)27-2)24-15-18-29(25,26)19-16-24/h13-14,20H,3-12,15-19H2,1-2H3. The molecule has 0 N–H and O–H groups in total. The number of hydrogen-bond acceptors (Lipinski definition) is 5. The van der Waals surface area contributed by atoms with E-state index in [1.54, 1.807) is 7.11 Å². The Morgan fingerprint density at radius 1 is 0.862 bits per heavy atom. The molecule has 0 bridgehead atoms. The molecule has 1 aromatic carbocycles. The highest BCUT2D eigenvalue weighted by Crippen LogP contribution is 2.32. The topological polar surface area (TPSA) is 55.8 Å². The van der Waals surface area contributed by atoms with Gasteiger partial charge in [-0.1, -0.05) is 64.7 Å². The maximum absolute atomic E-state index is 11.6. The maximum Gasteiger partial charge on any atom is 0.162 e. The molecule has 0 saturated carbocycles. The number of anilines is 1. The first-order chi connectivity index (χ1) is 14.1. The Morgan fingerprint density at radius 2 is 1.45 bits per heavy atom. The number of sulfone groups is 1. The Hall–Kier alpha value is -1.43. The number of hydrogen-bond donors (Lipinski definition) is 0. The molecule has 0 aliphatic carbocycles. The van der Waals surface area contributed by atoms with Crippen LogP contribution in [0, 0.1) is 0 Å². The van der Waals surface area contributed by atoms with Crippen LogP contribution in [-0.4, -0.2) is 46.7 Å². The molecular formula is C23H39NO4S. The fraction of sp³-hybridized carbons (Fsp3) is 0.739. The van der Waals surface area contributed by atoms with Gasteiger partial charge in [-0.05, 0) is 18.6 Å². The van der Waals surface area contributed by atoms with Gasteiger partial charge < -0.3 is 14.4 Å². The maximum atomic E-state index is 11.6. The van der Waals surface area contributed by atoms with Gasteiger partial charge in [0, 0.05) is 24.8 Å². The van der Waals surface area contributed by atoms with Crippen molar-refractivity contribution in [3.05, 3.63) is 18.2 Å². The van der Waals surface area contributed by atoms with Crippen molar-refractivity contribution in [2.75, 3.05) is 43.2 Å². The van der Waals surface area contributed by atoms with E-state index in [1.165, 1.54) is 57.8 Å². The smallest absolute Gasteiger partial charge is 0.162 e. The average molecular weight is 426 g/mol. The van der Waals surface area contributed by atoms with Gasteiger partial charge in [0.25, 0.3) is 0 Å². The van der Waals surface area contributed by atoms with Crippen molar-refractivity contribution in [3.8, 4) is 11.5 Å². The van der Waals surface area contributed by atoms with Crippen LogP contribution in [0.5, 0.6) is 11.5 Å². The summed E-state index contributed by atoms with van der Waals surface area (Å²) in [5.41, 5.74) is 0.989. The molecule has 166 valence electrons. The molecule has 0 radical (unpaired) electrons. The van der Waals surface area contributed by atoms with Crippen LogP contribution in [-0.2, 0) is 9.84 Å². The largest absolute Gasteiger partial charge is 0.493 e. The van der Waals surface area contributed by atoms with Gasteiger partial charge in [-0.25, -0.2) is 8.42 Å².